The number of carbonyl (C=O) groups excluding carboxylic acids is 2. The van der Waals surface area contributed by atoms with Crippen LogP contribution in [-0.2, 0) is 4.79 Å². The number of urea groups is 1. The highest BCUT2D eigenvalue weighted by molar-refractivity contribution is 6.30. The molecule has 2 N–H and O–H groups in total. The number of nitrogens with one attached hydrogen (secondary N) is 2. The minimum absolute atomic E-state index is 0.00415. The van der Waals surface area contributed by atoms with Crippen LogP contribution < -0.4 is 15.4 Å². The molecule has 2 aliphatic heterocycles. The van der Waals surface area contributed by atoms with Crippen molar-refractivity contribution in [1.29, 1.82) is 0 Å². The molecule has 4 rings (SSSR count). The van der Waals surface area contributed by atoms with E-state index in [1.54, 1.807) is 12.1 Å². The molecule has 0 aromatic heterocycles. The summed E-state index contributed by atoms with van der Waals surface area (Å²) in [5.74, 6) is 1.51. The van der Waals surface area contributed by atoms with E-state index >= 15 is 0 Å². The van der Waals surface area contributed by atoms with E-state index < -0.39 is 0 Å². The van der Waals surface area contributed by atoms with Crippen molar-refractivity contribution in [2.75, 3.05) is 30.3 Å². The first-order chi connectivity index (χ1) is 15.4. The molecule has 2 aromatic carbocycles. The average Bonchev–Trinajstić information content (AvgIpc) is 2.75. The van der Waals surface area contributed by atoms with E-state index in [2.05, 4.69) is 24.5 Å². The first kappa shape index (κ1) is 22.5. The molecule has 0 radical (unpaired) electrons. The standard InChI is InChI=1S/C25H30ClN3O3/c1-16(2)17-6-7-23-22(12-17)28-24(30)13-18-8-10-29(15-19(18)9-11-32-23)25(31)27-21-5-3-4-20(26)14-21/h3-7,12,14,16,18-19H,8-11,13,15H2,1-2H3,(H,27,31)(H,28,30)/t18-,19-/m0/s1. The fourth-order valence-electron chi connectivity index (χ4n) is 4.52. The van der Waals surface area contributed by atoms with E-state index in [4.69, 9.17) is 16.3 Å². The lowest BCUT2D eigenvalue weighted by atomic mass is 9.81. The van der Waals surface area contributed by atoms with Gasteiger partial charge in [-0.05, 0) is 66.5 Å². The summed E-state index contributed by atoms with van der Waals surface area (Å²) in [4.78, 5) is 27.5. The molecular formula is C25H30ClN3O3. The Balaban J connectivity index is 1.44. The minimum atomic E-state index is -0.139. The van der Waals surface area contributed by atoms with Gasteiger partial charge in [0.25, 0.3) is 0 Å². The zero-order chi connectivity index (χ0) is 22.7. The largest absolute Gasteiger partial charge is 0.491 e. The molecule has 1 saturated heterocycles. The number of hydrogen-bond donors (Lipinski definition) is 2. The van der Waals surface area contributed by atoms with E-state index in [0.29, 0.717) is 48.5 Å². The maximum Gasteiger partial charge on any atom is 0.321 e. The summed E-state index contributed by atoms with van der Waals surface area (Å²) < 4.78 is 6.05. The Kier molecular flexibility index (Phi) is 6.89. The van der Waals surface area contributed by atoms with Gasteiger partial charge in [-0.15, -0.1) is 0 Å². The minimum Gasteiger partial charge on any atom is -0.491 e. The van der Waals surface area contributed by atoms with Gasteiger partial charge >= 0.3 is 6.03 Å². The van der Waals surface area contributed by atoms with Crippen LogP contribution in [0, 0.1) is 11.8 Å². The summed E-state index contributed by atoms with van der Waals surface area (Å²) in [7, 11) is 0. The fourth-order valence-corrected chi connectivity index (χ4v) is 4.71. The zero-order valence-corrected chi connectivity index (χ0v) is 19.3. The molecule has 1 fully saturated rings. The third kappa shape index (κ3) is 5.36. The Bertz CT molecular complexity index is 994. The fraction of sp³-hybridized carbons (Fsp3) is 0.440. The molecule has 0 aliphatic carbocycles. The van der Waals surface area contributed by atoms with Gasteiger partial charge in [0, 0.05) is 30.2 Å². The highest BCUT2D eigenvalue weighted by Gasteiger charge is 2.33. The van der Waals surface area contributed by atoms with Crippen molar-refractivity contribution in [1.82, 2.24) is 4.90 Å². The Morgan fingerprint density at radius 2 is 2.03 bits per heavy atom. The molecule has 2 atom stereocenters. The van der Waals surface area contributed by atoms with Gasteiger partial charge in [0.1, 0.15) is 5.75 Å². The van der Waals surface area contributed by atoms with Gasteiger partial charge < -0.3 is 20.3 Å². The third-order valence-corrected chi connectivity index (χ3v) is 6.63. The average molecular weight is 456 g/mol. The van der Waals surface area contributed by atoms with Crippen LogP contribution in [0.5, 0.6) is 5.75 Å². The molecule has 6 nitrogen and oxygen atoms in total. The predicted molar refractivity (Wildman–Crippen MR) is 128 cm³/mol. The number of likely N-dealkylation sites (tertiary alicyclic amines) is 1. The molecule has 0 unspecified atom stereocenters. The SMILES string of the molecule is CC(C)c1ccc2c(c1)NC(=O)C[C@@H]1CCN(C(=O)Nc3cccc(Cl)c3)C[C@@H]1CCO2. The number of hydrogen-bond acceptors (Lipinski definition) is 3. The number of amides is 3. The summed E-state index contributed by atoms with van der Waals surface area (Å²) in [6, 6.07) is 13.0. The number of benzene rings is 2. The molecule has 32 heavy (non-hydrogen) atoms. The molecule has 0 spiro atoms. The van der Waals surface area contributed by atoms with Crippen molar-refractivity contribution in [3.8, 4) is 5.75 Å². The Morgan fingerprint density at radius 3 is 2.81 bits per heavy atom. The number of anilines is 2. The van der Waals surface area contributed by atoms with Crippen LogP contribution in [0.4, 0.5) is 16.2 Å². The summed E-state index contributed by atoms with van der Waals surface area (Å²) in [6.45, 7) is 6.04. The quantitative estimate of drug-likeness (QED) is 0.606. The smallest absolute Gasteiger partial charge is 0.321 e. The van der Waals surface area contributed by atoms with Crippen LogP contribution in [0.2, 0.25) is 5.02 Å². The van der Waals surface area contributed by atoms with Gasteiger partial charge in [-0.25, -0.2) is 4.79 Å². The Hall–Kier alpha value is -2.73. The first-order valence-corrected chi connectivity index (χ1v) is 11.6. The van der Waals surface area contributed by atoms with Crippen molar-refractivity contribution in [2.45, 2.75) is 39.0 Å². The second kappa shape index (κ2) is 9.82. The van der Waals surface area contributed by atoms with Crippen molar-refractivity contribution in [3.05, 3.63) is 53.1 Å². The van der Waals surface area contributed by atoms with E-state index in [1.807, 2.05) is 35.2 Å². The number of ether oxygens (including phenoxy) is 1. The number of nitrogens with zero attached hydrogens (tertiary/aromatic N) is 1. The number of piperidine rings is 1. The van der Waals surface area contributed by atoms with Gasteiger partial charge in [0.15, 0.2) is 0 Å². The lowest BCUT2D eigenvalue weighted by Crippen LogP contribution is -2.46. The van der Waals surface area contributed by atoms with E-state index in [0.717, 1.165) is 18.5 Å². The number of carbonyl (C=O) groups is 2. The summed E-state index contributed by atoms with van der Waals surface area (Å²) in [5, 5.41) is 6.57. The number of halogens is 1. The lowest BCUT2D eigenvalue weighted by Gasteiger charge is -2.39. The van der Waals surface area contributed by atoms with Gasteiger partial charge in [-0.1, -0.05) is 37.6 Å². The van der Waals surface area contributed by atoms with Gasteiger partial charge in [0.05, 0.1) is 12.3 Å². The number of rotatable bonds is 2. The van der Waals surface area contributed by atoms with Gasteiger partial charge in [-0.2, -0.15) is 0 Å². The predicted octanol–water partition coefficient (Wildman–Crippen LogP) is 5.74. The second-order valence-electron chi connectivity index (χ2n) is 9.00. The molecule has 2 aliphatic rings. The van der Waals surface area contributed by atoms with Crippen LogP contribution in [0.15, 0.2) is 42.5 Å². The van der Waals surface area contributed by atoms with Crippen LogP contribution in [0.25, 0.3) is 0 Å². The highest BCUT2D eigenvalue weighted by Crippen LogP contribution is 2.34. The van der Waals surface area contributed by atoms with Crippen LogP contribution in [-0.4, -0.2) is 36.5 Å². The summed E-state index contributed by atoms with van der Waals surface area (Å²) in [6.07, 6.45) is 2.05. The molecule has 2 aromatic rings. The van der Waals surface area contributed by atoms with Crippen LogP contribution in [0.3, 0.4) is 0 Å². The number of fused-ring (bicyclic) bond motifs is 2. The third-order valence-electron chi connectivity index (χ3n) is 6.39. The molecule has 0 saturated carbocycles. The zero-order valence-electron chi connectivity index (χ0n) is 18.6. The van der Waals surface area contributed by atoms with Crippen molar-refractivity contribution in [2.24, 2.45) is 11.8 Å². The lowest BCUT2D eigenvalue weighted by molar-refractivity contribution is -0.118. The maximum absolute atomic E-state index is 12.8. The van der Waals surface area contributed by atoms with Crippen molar-refractivity contribution < 1.29 is 14.3 Å². The van der Waals surface area contributed by atoms with E-state index in [9.17, 15) is 9.59 Å². The first-order valence-electron chi connectivity index (χ1n) is 11.3. The molecule has 7 heteroatoms. The molecule has 170 valence electrons. The molecule has 0 bridgehead atoms. The summed E-state index contributed by atoms with van der Waals surface area (Å²) >= 11 is 6.02. The van der Waals surface area contributed by atoms with E-state index in [-0.39, 0.29) is 23.8 Å². The van der Waals surface area contributed by atoms with Crippen molar-refractivity contribution >= 4 is 34.9 Å². The summed E-state index contributed by atoms with van der Waals surface area (Å²) in [5.41, 5.74) is 2.59. The molecule has 3 amide bonds. The normalized spacial score (nSPS) is 21.1. The molecule has 2 heterocycles. The van der Waals surface area contributed by atoms with Gasteiger partial charge in [-0.3, -0.25) is 4.79 Å². The highest BCUT2D eigenvalue weighted by atomic mass is 35.5. The van der Waals surface area contributed by atoms with Gasteiger partial charge in [0.2, 0.25) is 5.91 Å². The molecular weight excluding hydrogens is 426 g/mol. The van der Waals surface area contributed by atoms with Crippen LogP contribution >= 0.6 is 11.6 Å². The van der Waals surface area contributed by atoms with Crippen molar-refractivity contribution in [3.63, 3.8) is 0 Å². The van der Waals surface area contributed by atoms with E-state index in [1.165, 1.54) is 5.56 Å². The monoisotopic (exact) mass is 455 g/mol. The Morgan fingerprint density at radius 1 is 1.19 bits per heavy atom. The topological polar surface area (TPSA) is 70.7 Å². The Labute approximate surface area is 194 Å². The maximum atomic E-state index is 12.8. The van der Waals surface area contributed by atoms with Crippen LogP contribution in [0.1, 0.15) is 44.6 Å². The second-order valence-corrected chi connectivity index (χ2v) is 9.43.